The van der Waals surface area contributed by atoms with Gasteiger partial charge in [0, 0.05) is 31.0 Å². The number of aromatic nitrogens is 2. The molecule has 2 N–H and O–H groups in total. The van der Waals surface area contributed by atoms with Crippen molar-refractivity contribution in [3.8, 4) is 0 Å². The SMILES string of the molecule is O=C(NCCc1ccccc1F)c1cnc(NCc2ccccc2F)nc1. The zero-order chi connectivity index (χ0) is 19.1. The monoisotopic (exact) mass is 368 g/mol. The molecule has 27 heavy (non-hydrogen) atoms. The third kappa shape index (κ3) is 5.07. The summed E-state index contributed by atoms with van der Waals surface area (Å²) in [6.45, 7) is 0.536. The van der Waals surface area contributed by atoms with Crippen LogP contribution >= 0.6 is 0 Å². The van der Waals surface area contributed by atoms with Crippen LogP contribution in [0.2, 0.25) is 0 Å². The highest BCUT2D eigenvalue weighted by atomic mass is 19.1. The first kappa shape index (κ1) is 18.4. The predicted molar refractivity (Wildman–Crippen MR) is 98.2 cm³/mol. The van der Waals surface area contributed by atoms with Crippen LogP contribution in [0.15, 0.2) is 60.9 Å². The van der Waals surface area contributed by atoms with Crippen molar-refractivity contribution >= 4 is 11.9 Å². The zero-order valence-corrected chi connectivity index (χ0v) is 14.5. The third-order valence-electron chi connectivity index (χ3n) is 3.95. The highest BCUT2D eigenvalue weighted by Gasteiger charge is 2.08. The molecule has 0 atom stereocenters. The van der Waals surface area contributed by atoms with Crippen LogP contribution in [0, 0.1) is 11.6 Å². The van der Waals surface area contributed by atoms with Gasteiger partial charge in [-0.2, -0.15) is 0 Å². The molecule has 1 heterocycles. The van der Waals surface area contributed by atoms with E-state index in [9.17, 15) is 13.6 Å². The number of benzene rings is 2. The fourth-order valence-electron chi connectivity index (χ4n) is 2.47. The third-order valence-corrected chi connectivity index (χ3v) is 3.95. The van der Waals surface area contributed by atoms with Gasteiger partial charge in [-0.15, -0.1) is 0 Å². The maximum absolute atomic E-state index is 13.6. The smallest absolute Gasteiger partial charge is 0.254 e. The molecule has 5 nitrogen and oxygen atoms in total. The van der Waals surface area contributed by atoms with Crippen molar-refractivity contribution in [3.05, 3.63) is 89.2 Å². The van der Waals surface area contributed by atoms with E-state index >= 15 is 0 Å². The van der Waals surface area contributed by atoms with Gasteiger partial charge < -0.3 is 10.6 Å². The molecule has 0 fully saturated rings. The van der Waals surface area contributed by atoms with Crippen molar-refractivity contribution in [3.63, 3.8) is 0 Å². The maximum atomic E-state index is 13.6. The zero-order valence-electron chi connectivity index (χ0n) is 14.5. The first-order valence-electron chi connectivity index (χ1n) is 8.44. The van der Waals surface area contributed by atoms with Gasteiger partial charge >= 0.3 is 0 Å². The fraction of sp³-hybridized carbons (Fsp3) is 0.150. The molecule has 0 spiro atoms. The lowest BCUT2D eigenvalue weighted by Gasteiger charge is -2.08. The molecule has 0 bridgehead atoms. The van der Waals surface area contributed by atoms with E-state index in [2.05, 4.69) is 20.6 Å². The molecule has 138 valence electrons. The van der Waals surface area contributed by atoms with Gasteiger partial charge in [0.25, 0.3) is 5.91 Å². The van der Waals surface area contributed by atoms with Crippen LogP contribution in [0.1, 0.15) is 21.5 Å². The van der Waals surface area contributed by atoms with Gasteiger partial charge in [-0.1, -0.05) is 36.4 Å². The Morgan fingerprint density at radius 2 is 1.48 bits per heavy atom. The van der Waals surface area contributed by atoms with Crippen molar-refractivity contribution in [2.24, 2.45) is 0 Å². The van der Waals surface area contributed by atoms with Gasteiger partial charge in [0.1, 0.15) is 11.6 Å². The topological polar surface area (TPSA) is 66.9 Å². The number of amides is 1. The summed E-state index contributed by atoms with van der Waals surface area (Å²) >= 11 is 0. The van der Waals surface area contributed by atoms with Crippen molar-refractivity contribution in [1.29, 1.82) is 0 Å². The minimum atomic E-state index is -0.341. The van der Waals surface area contributed by atoms with Crippen LogP contribution in [-0.4, -0.2) is 22.4 Å². The number of hydrogen-bond donors (Lipinski definition) is 2. The summed E-state index contributed by atoms with van der Waals surface area (Å²) in [5.41, 5.74) is 1.33. The first-order valence-corrected chi connectivity index (χ1v) is 8.44. The molecule has 3 aromatic rings. The van der Waals surface area contributed by atoms with Gasteiger partial charge in [-0.05, 0) is 24.1 Å². The first-order chi connectivity index (χ1) is 13.1. The van der Waals surface area contributed by atoms with E-state index in [1.54, 1.807) is 36.4 Å². The van der Waals surface area contributed by atoms with Crippen LogP contribution < -0.4 is 10.6 Å². The lowest BCUT2D eigenvalue weighted by molar-refractivity contribution is 0.0953. The summed E-state index contributed by atoms with van der Waals surface area (Å²) in [6.07, 6.45) is 3.16. The second kappa shape index (κ2) is 8.84. The quantitative estimate of drug-likeness (QED) is 0.671. The van der Waals surface area contributed by atoms with Crippen LogP contribution in [0.4, 0.5) is 14.7 Å². The summed E-state index contributed by atoms with van der Waals surface area (Å²) in [5, 5.41) is 5.61. The van der Waals surface area contributed by atoms with Gasteiger partial charge in [-0.25, -0.2) is 18.7 Å². The lowest BCUT2D eigenvalue weighted by Crippen LogP contribution is -2.26. The number of carbonyl (C=O) groups is 1. The number of nitrogens with one attached hydrogen (secondary N) is 2. The van der Waals surface area contributed by atoms with Crippen LogP contribution in [0.5, 0.6) is 0 Å². The minimum absolute atomic E-state index is 0.237. The molecular weight excluding hydrogens is 350 g/mol. The Morgan fingerprint density at radius 3 is 2.11 bits per heavy atom. The largest absolute Gasteiger partial charge is 0.352 e. The van der Waals surface area contributed by atoms with E-state index in [-0.39, 0.29) is 24.1 Å². The van der Waals surface area contributed by atoms with E-state index in [4.69, 9.17) is 0 Å². The molecular formula is C20H18F2N4O. The Kier molecular flexibility index (Phi) is 6.04. The summed E-state index contributed by atoms with van der Waals surface area (Å²) in [6, 6.07) is 12.9. The molecule has 1 amide bonds. The summed E-state index contributed by atoms with van der Waals surface area (Å²) in [7, 11) is 0. The Balaban J connectivity index is 1.50. The molecule has 0 saturated heterocycles. The Labute approximate surface area is 155 Å². The van der Waals surface area contributed by atoms with Gasteiger partial charge in [-0.3, -0.25) is 4.79 Å². The van der Waals surface area contributed by atoms with E-state index in [0.717, 1.165) is 0 Å². The van der Waals surface area contributed by atoms with Crippen LogP contribution in [0.25, 0.3) is 0 Å². The van der Waals surface area contributed by atoms with Crippen LogP contribution in [0.3, 0.4) is 0 Å². The fourth-order valence-corrected chi connectivity index (χ4v) is 2.47. The molecule has 0 aliphatic rings. The summed E-state index contributed by atoms with van der Waals surface area (Å²) in [4.78, 5) is 20.2. The Bertz CT molecular complexity index is 916. The van der Waals surface area contributed by atoms with E-state index < -0.39 is 0 Å². The Hall–Kier alpha value is -3.35. The summed E-state index contributed by atoms with van der Waals surface area (Å²) < 4.78 is 27.1. The number of nitrogens with zero attached hydrogens (tertiary/aromatic N) is 2. The number of anilines is 1. The Morgan fingerprint density at radius 1 is 0.889 bits per heavy atom. The molecule has 7 heteroatoms. The highest BCUT2D eigenvalue weighted by molar-refractivity contribution is 5.93. The average molecular weight is 368 g/mol. The lowest BCUT2D eigenvalue weighted by atomic mass is 10.1. The molecule has 0 aliphatic carbocycles. The molecule has 0 unspecified atom stereocenters. The number of halogens is 2. The molecule has 1 aromatic heterocycles. The standard InChI is InChI=1S/C20H18F2N4O/c21-17-7-3-1-5-14(17)9-10-23-19(27)16-12-25-20(26-13-16)24-11-15-6-2-4-8-18(15)22/h1-8,12-13H,9-11H2,(H,23,27)(H,24,25,26). The number of hydrogen-bond acceptors (Lipinski definition) is 4. The summed E-state index contributed by atoms with van der Waals surface area (Å²) in [5.74, 6) is -0.649. The molecule has 0 radical (unpaired) electrons. The minimum Gasteiger partial charge on any atom is -0.352 e. The predicted octanol–water partition coefficient (Wildman–Crippen LogP) is 3.34. The highest BCUT2D eigenvalue weighted by Crippen LogP contribution is 2.09. The van der Waals surface area contributed by atoms with E-state index in [1.807, 2.05) is 0 Å². The van der Waals surface area contributed by atoms with Crippen molar-refractivity contribution < 1.29 is 13.6 Å². The average Bonchev–Trinajstić information content (AvgIpc) is 2.69. The van der Waals surface area contributed by atoms with Crippen molar-refractivity contribution in [1.82, 2.24) is 15.3 Å². The second-order valence-electron chi connectivity index (χ2n) is 5.84. The van der Waals surface area contributed by atoms with E-state index in [0.29, 0.717) is 35.6 Å². The van der Waals surface area contributed by atoms with Crippen molar-refractivity contribution in [2.45, 2.75) is 13.0 Å². The molecule has 0 aliphatic heterocycles. The molecule has 3 rings (SSSR count). The van der Waals surface area contributed by atoms with Gasteiger partial charge in [0.05, 0.1) is 5.56 Å². The van der Waals surface area contributed by atoms with Gasteiger partial charge in [0.15, 0.2) is 0 Å². The second-order valence-corrected chi connectivity index (χ2v) is 5.84. The number of rotatable bonds is 7. The normalized spacial score (nSPS) is 10.4. The van der Waals surface area contributed by atoms with Gasteiger partial charge in [0.2, 0.25) is 5.95 Å². The molecule has 0 saturated carbocycles. The van der Waals surface area contributed by atoms with Crippen molar-refractivity contribution in [2.75, 3.05) is 11.9 Å². The van der Waals surface area contributed by atoms with Crippen LogP contribution in [-0.2, 0) is 13.0 Å². The molecule has 2 aromatic carbocycles. The van der Waals surface area contributed by atoms with E-state index in [1.165, 1.54) is 24.5 Å². The maximum Gasteiger partial charge on any atom is 0.254 e. The number of carbonyl (C=O) groups excluding carboxylic acids is 1.